The van der Waals surface area contributed by atoms with E-state index in [-0.39, 0.29) is 12.3 Å². The maximum Gasteiger partial charge on any atom is 0.466 e. The Morgan fingerprint density at radius 2 is 1.00 bits per heavy atom. The number of hydrogen-bond donors (Lipinski definition) is 7. The summed E-state index contributed by atoms with van der Waals surface area (Å²) in [5.41, 5.74) is 0. The van der Waals surface area contributed by atoms with Crippen LogP contribution < -0.4 is 18.2 Å². The fraction of sp³-hybridized carbons (Fsp3) is 0. The highest BCUT2D eigenvalue weighted by Crippen LogP contribution is 2.25. The molecule has 8 nitrogen and oxygen atoms in total. The molecule has 0 spiro atoms. The van der Waals surface area contributed by atoms with Crippen molar-refractivity contribution in [3.05, 3.63) is 0 Å². The monoisotopic (exact) mass is 165 g/mol. The average Bonchev–Trinajstić information content (AvgIpc) is 1.36. The number of nitrogens with two attached hydrogens (primary N) is 1. The molecule has 0 saturated heterocycles. The molecule has 0 heterocycles. The summed E-state index contributed by atoms with van der Waals surface area (Å²) in [6.07, 6.45) is 0. The number of hydrogen-bond acceptors (Lipinski definition) is 5. The van der Waals surface area contributed by atoms with Crippen LogP contribution in [-0.2, 0) is 4.57 Å². The van der Waals surface area contributed by atoms with Crippen molar-refractivity contribution in [1.29, 1.82) is 0 Å². The van der Waals surface area contributed by atoms with E-state index in [1.165, 1.54) is 0 Å². The molecule has 62 valence electrons. The van der Waals surface area contributed by atoms with Gasteiger partial charge in [0.2, 0.25) is 0 Å². The molecular formula is H12N3O5P. The lowest BCUT2D eigenvalue weighted by molar-refractivity contribution is 0.275. The summed E-state index contributed by atoms with van der Waals surface area (Å²) in [4.78, 5) is 21.6. The molecule has 0 amide bonds. The summed E-state index contributed by atoms with van der Waals surface area (Å²) < 4.78 is 8.88. The zero-order valence-corrected chi connectivity index (χ0v) is 5.53. The normalized spacial score (nSPS) is 7.22. The fourth-order valence-corrected chi connectivity index (χ4v) is 0. The van der Waals surface area contributed by atoms with Crippen LogP contribution in [0.4, 0.5) is 0 Å². The Kier molecular flexibility index (Phi) is 27.8. The Balaban J connectivity index is -0.0000000286. The second kappa shape index (κ2) is 10.8. The fourth-order valence-electron chi connectivity index (χ4n) is 0. The molecular weight excluding hydrogens is 153 g/mol. The lowest BCUT2D eigenvalue weighted by Crippen LogP contribution is -1.72. The first kappa shape index (κ1) is 23.1. The van der Waals surface area contributed by atoms with Gasteiger partial charge < -0.3 is 32.2 Å². The van der Waals surface area contributed by atoms with Crippen molar-refractivity contribution >= 4 is 7.82 Å². The summed E-state index contributed by atoms with van der Waals surface area (Å²) in [6.45, 7) is 0. The van der Waals surface area contributed by atoms with Crippen LogP contribution in [0.2, 0.25) is 0 Å². The van der Waals surface area contributed by atoms with Gasteiger partial charge in [0.25, 0.3) is 0 Å². The highest BCUT2D eigenvalue weighted by atomic mass is 31.2. The van der Waals surface area contributed by atoms with Gasteiger partial charge in [-0.3, -0.25) is 0 Å². The quantitative estimate of drug-likeness (QED) is 0.170. The van der Waals surface area contributed by atoms with Crippen molar-refractivity contribution in [1.82, 2.24) is 12.3 Å². The van der Waals surface area contributed by atoms with E-state index in [9.17, 15) is 0 Å². The Hall–Kier alpha value is -0.0500. The van der Waals surface area contributed by atoms with Crippen molar-refractivity contribution in [2.75, 3.05) is 0 Å². The third-order valence-corrected chi connectivity index (χ3v) is 0. The Morgan fingerprint density at radius 3 is 1.00 bits per heavy atom. The standard InChI is InChI=1S/H3NO.2H3N.H3O4P/c1-2;;;1-5(2,3)4/h2H,1H2;2*1H3;(H3,1,2,3,4). The second-order valence-corrected chi connectivity index (χ2v) is 1.54. The molecule has 0 aromatic heterocycles. The van der Waals surface area contributed by atoms with E-state index in [4.69, 9.17) is 24.5 Å². The van der Waals surface area contributed by atoms with Crippen LogP contribution in [0.5, 0.6) is 0 Å². The van der Waals surface area contributed by atoms with Crippen LogP contribution in [0.1, 0.15) is 0 Å². The molecule has 0 fully saturated rings. The van der Waals surface area contributed by atoms with Crippen LogP contribution in [0.25, 0.3) is 0 Å². The van der Waals surface area contributed by atoms with Crippen molar-refractivity contribution in [2.45, 2.75) is 0 Å². The predicted octanol–water partition coefficient (Wildman–Crippen LogP) is -1.27. The molecule has 0 aliphatic heterocycles. The van der Waals surface area contributed by atoms with E-state index in [0.29, 0.717) is 0 Å². The van der Waals surface area contributed by atoms with Crippen molar-refractivity contribution in [3.63, 3.8) is 0 Å². The van der Waals surface area contributed by atoms with Gasteiger partial charge in [0.15, 0.2) is 0 Å². The molecule has 9 heteroatoms. The Labute approximate surface area is 51.7 Å². The highest BCUT2D eigenvalue weighted by molar-refractivity contribution is 7.45. The average molecular weight is 165 g/mol. The topological polar surface area (TPSA) is 194 Å². The Bertz CT molecular complexity index is 58.3. The maximum atomic E-state index is 8.88. The molecule has 0 aromatic rings. The molecule has 0 radical (unpaired) electrons. The molecule has 0 aromatic carbocycles. The van der Waals surface area contributed by atoms with Crippen LogP contribution >= 0.6 is 7.82 Å². The number of phosphoric acid groups is 1. The molecule has 0 saturated carbocycles. The summed E-state index contributed by atoms with van der Waals surface area (Å²) in [6, 6.07) is 0. The van der Waals surface area contributed by atoms with Crippen molar-refractivity contribution in [2.24, 2.45) is 5.90 Å². The van der Waals surface area contributed by atoms with Crippen LogP contribution in [0.3, 0.4) is 0 Å². The SMILES string of the molecule is N.N.NO.O=P(O)(O)O. The lowest BCUT2D eigenvalue weighted by Gasteiger charge is -1.82. The summed E-state index contributed by atoms with van der Waals surface area (Å²) in [5, 5.41) is 6.50. The molecule has 0 aliphatic rings. The van der Waals surface area contributed by atoms with Crippen LogP contribution in [0.15, 0.2) is 0 Å². The molecule has 0 atom stereocenters. The van der Waals surface area contributed by atoms with Gasteiger partial charge in [0, 0.05) is 0 Å². The van der Waals surface area contributed by atoms with Crippen LogP contribution in [0, 0.1) is 0 Å². The van der Waals surface area contributed by atoms with Gasteiger partial charge in [-0.25, -0.2) is 10.5 Å². The minimum atomic E-state index is -4.64. The van der Waals surface area contributed by atoms with E-state index in [1.54, 1.807) is 0 Å². The lowest BCUT2D eigenvalue weighted by atomic mass is 13.6. The van der Waals surface area contributed by atoms with Crippen molar-refractivity contribution < 1.29 is 24.5 Å². The summed E-state index contributed by atoms with van der Waals surface area (Å²) >= 11 is 0. The van der Waals surface area contributed by atoms with E-state index in [1.807, 2.05) is 0 Å². The van der Waals surface area contributed by atoms with Gasteiger partial charge in [-0.2, -0.15) is 0 Å². The summed E-state index contributed by atoms with van der Waals surface area (Å²) in [5.74, 6) is 3.50. The van der Waals surface area contributed by atoms with Gasteiger partial charge in [0.05, 0.1) is 0 Å². The second-order valence-electron chi connectivity index (χ2n) is 0.513. The van der Waals surface area contributed by atoms with E-state index >= 15 is 0 Å². The third kappa shape index (κ3) is 113000. The zero-order chi connectivity index (χ0) is 6.50. The maximum absolute atomic E-state index is 8.88. The predicted molar refractivity (Wildman–Crippen MR) is 30.3 cm³/mol. The van der Waals surface area contributed by atoms with Gasteiger partial charge in [-0.1, -0.05) is 0 Å². The van der Waals surface area contributed by atoms with Gasteiger partial charge in [-0.05, 0) is 0 Å². The highest BCUT2D eigenvalue weighted by Gasteiger charge is 2.00. The van der Waals surface area contributed by atoms with E-state index < -0.39 is 7.82 Å². The molecule has 0 unspecified atom stereocenters. The largest absolute Gasteiger partial charge is 0.466 e. The molecule has 9 heavy (non-hydrogen) atoms. The van der Waals surface area contributed by atoms with E-state index in [2.05, 4.69) is 5.90 Å². The smallest absolute Gasteiger partial charge is 0.344 e. The first-order valence-electron chi connectivity index (χ1n) is 1.04. The van der Waals surface area contributed by atoms with Crippen LogP contribution in [-0.4, -0.2) is 19.9 Å². The molecule has 12 N–H and O–H groups in total. The van der Waals surface area contributed by atoms with Gasteiger partial charge in [0.1, 0.15) is 0 Å². The van der Waals surface area contributed by atoms with Gasteiger partial charge >= 0.3 is 7.82 Å². The minimum absolute atomic E-state index is 0. The summed E-state index contributed by atoms with van der Waals surface area (Å²) in [7, 11) is -4.64. The number of rotatable bonds is 0. The first-order chi connectivity index (χ1) is 3.00. The molecule has 0 aliphatic carbocycles. The zero-order valence-electron chi connectivity index (χ0n) is 4.64. The van der Waals surface area contributed by atoms with Gasteiger partial charge in [-0.15, -0.1) is 0 Å². The van der Waals surface area contributed by atoms with E-state index in [0.717, 1.165) is 0 Å². The molecule has 0 bridgehead atoms. The van der Waals surface area contributed by atoms with Crippen molar-refractivity contribution in [3.8, 4) is 0 Å². The minimum Gasteiger partial charge on any atom is -0.344 e. The molecule has 0 rings (SSSR count). The Morgan fingerprint density at radius 1 is 1.00 bits per heavy atom. The third-order valence-electron chi connectivity index (χ3n) is 0. The first-order valence-corrected chi connectivity index (χ1v) is 2.61.